The summed E-state index contributed by atoms with van der Waals surface area (Å²) < 4.78 is 12.4. The third-order valence-corrected chi connectivity index (χ3v) is 7.23. The number of unbranched alkanes of at least 4 members (excludes halogenated alkanes) is 2. The number of hydrogen-bond donors (Lipinski definition) is 3. The molecule has 0 aliphatic heterocycles. The fraction of sp³-hybridized carbons (Fsp3) is 0.469. The Labute approximate surface area is 269 Å². The van der Waals surface area contributed by atoms with Crippen LogP contribution in [0.5, 0.6) is 0 Å². The van der Waals surface area contributed by atoms with Gasteiger partial charge in [0, 0.05) is 24.2 Å². The minimum absolute atomic E-state index is 0.0120. The van der Waals surface area contributed by atoms with Gasteiger partial charge >= 0.3 is 6.16 Å². The molecule has 3 rings (SSSR count). The average Bonchev–Trinajstić information content (AvgIpc) is 3.31. The summed E-state index contributed by atoms with van der Waals surface area (Å²) >= 11 is 0. The summed E-state index contributed by atoms with van der Waals surface area (Å²) in [6.07, 6.45) is 1.39. The number of carbonyl (C=O) groups is 1. The Bertz CT molecular complexity index is 1480. The Balaban J connectivity index is 1.65. The molecule has 0 saturated heterocycles. The van der Waals surface area contributed by atoms with Crippen molar-refractivity contribution in [3.63, 3.8) is 0 Å². The van der Waals surface area contributed by atoms with Crippen molar-refractivity contribution in [2.24, 2.45) is 16.7 Å². The second-order valence-corrected chi connectivity index (χ2v) is 11.4. The average molecular weight is 640 g/mol. The molecule has 3 aromatic rings. The first-order chi connectivity index (χ1) is 21.8. The van der Waals surface area contributed by atoms with Crippen molar-refractivity contribution in [2.45, 2.75) is 85.1 Å². The largest absolute Gasteiger partial charge is 0.510 e. The minimum atomic E-state index is -1.03. The van der Waals surface area contributed by atoms with Crippen LogP contribution in [0.3, 0.4) is 0 Å². The lowest BCUT2D eigenvalue weighted by atomic mass is 9.98. The topological polar surface area (TPSA) is 194 Å². The molecule has 14 nitrogen and oxygen atoms in total. The van der Waals surface area contributed by atoms with Crippen LogP contribution in [0.25, 0.3) is 11.1 Å². The molecule has 250 valence electrons. The first kappa shape index (κ1) is 35.8. The lowest BCUT2D eigenvalue weighted by molar-refractivity contribution is -0.757. The van der Waals surface area contributed by atoms with Crippen molar-refractivity contribution in [1.29, 1.82) is 0 Å². The lowest BCUT2D eigenvalue weighted by Gasteiger charge is -2.21. The standard InChI is InChI=1S/C32H45N7O7/c1-6-12-28-35-29(32(4,5)41)22(2)37(28)21-24-15-17-25(18-16-24)26-13-8-9-14-27(26)30(33)36-38(34)23(3)46-31(40)44-19-10-7-11-20-45-39(42)43/h8-9,13-18,23,41H,6-7,10-12,19-21,34H2,1-5H3,(H2,33,36). The number of benzene rings is 2. The zero-order chi connectivity index (χ0) is 33.9. The highest BCUT2D eigenvalue weighted by Crippen LogP contribution is 2.27. The fourth-order valence-electron chi connectivity index (χ4n) is 4.89. The molecule has 1 heterocycles. The molecule has 0 spiro atoms. The maximum Gasteiger partial charge on any atom is 0.510 e. The van der Waals surface area contributed by atoms with Crippen LogP contribution in [0.4, 0.5) is 4.79 Å². The zero-order valence-corrected chi connectivity index (χ0v) is 27.1. The van der Waals surface area contributed by atoms with Crippen LogP contribution >= 0.6 is 0 Å². The Hall–Kier alpha value is -4.69. The highest BCUT2D eigenvalue weighted by Gasteiger charge is 2.25. The number of imidazole rings is 1. The molecular weight excluding hydrogens is 594 g/mol. The van der Waals surface area contributed by atoms with Crippen LogP contribution in [-0.2, 0) is 32.9 Å². The van der Waals surface area contributed by atoms with Crippen LogP contribution in [-0.4, -0.2) is 56.3 Å². The van der Waals surface area contributed by atoms with Crippen molar-refractivity contribution >= 4 is 12.0 Å². The molecule has 1 aromatic heterocycles. The highest BCUT2D eigenvalue weighted by atomic mass is 16.9. The van der Waals surface area contributed by atoms with Crippen molar-refractivity contribution in [2.75, 3.05) is 13.2 Å². The van der Waals surface area contributed by atoms with Crippen LogP contribution in [0.2, 0.25) is 0 Å². The molecule has 14 heteroatoms. The second-order valence-electron chi connectivity index (χ2n) is 11.4. The quantitative estimate of drug-likeness (QED) is 0.0269. The molecule has 0 saturated carbocycles. The predicted octanol–water partition coefficient (Wildman–Crippen LogP) is 4.76. The van der Waals surface area contributed by atoms with Crippen LogP contribution in [0.1, 0.15) is 81.7 Å². The Morgan fingerprint density at radius 1 is 1.15 bits per heavy atom. The number of ether oxygens (including phenoxy) is 2. The number of aromatic nitrogens is 2. The van der Waals surface area contributed by atoms with Crippen LogP contribution < -0.4 is 11.6 Å². The van der Waals surface area contributed by atoms with E-state index in [9.17, 15) is 20.0 Å². The van der Waals surface area contributed by atoms with E-state index < -0.39 is 23.1 Å². The monoisotopic (exact) mass is 639 g/mol. The number of hydrazone groups is 1. The number of aryl methyl sites for hydroxylation is 1. The smallest absolute Gasteiger partial charge is 0.434 e. The van der Waals surface area contributed by atoms with Gasteiger partial charge < -0.3 is 29.7 Å². The van der Waals surface area contributed by atoms with E-state index in [2.05, 4.69) is 33.6 Å². The van der Waals surface area contributed by atoms with Gasteiger partial charge in [-0.2, -0.15) is 5.12 Å². The number of carbonyl (C=O) groups excluding carboxylic acids is 1. The van der Waals surface area contributed by atoms with E-state index in [1.54, 1.807) is 13.8 Å². The summed E-state index contributed by atoms with van der Waals surface area (Å²) in [6.45, 7) is 9.82. The first-order valence-corrected chi connectivity index (χ1v) is 15.3. The maximum atomic E-state index is 12.1. The van der Waals surface area contributed by atoms with Crippen molar-refractivity contribution < 1.29 is 29.3 Å². The van der Waals surface area contributed by atoms with Crippen molar-refractivity contribution in [1.82, 2.24) is 14.7 Å². The minimum Gasteiger partial charge on any atom is -0.434 e. The fourth-order valence-corrected chi connectivity index (χ4v) is 4.89. The Kier molecular flexibility index (Phi) is 12.9. The van der Waals surface area contributed by atoms with E-state index in [4.69, 9.17) is 26.0 Å². The van der Waals surface area contributed by atoms with E-state index in [1.165, 1.54) is 6.92 Å². The molecule has 0 radical (unpaired) electrons. The summed E-state index contributed by atoms with van der Waals surface area (Å²) in [5, 5.41) is 25.1. The van der Waals surface area contributed by atoms with Gasteiger partial charge in [0.05, 0.1) is 18.9 Å². The van der Waals surface area contributed by atoms with Gasteiger partial charge in [-0.25, -0.2) is 15.6 Å². The maximum absolute atomic E-state index is 12.1. The van der Waals surface area contributed by atoms with Gasteiger partial charge in [-0.3, -0.25) is 0 Å². The van der Waals surface area contributed by atoms with Crippen LogP contribution in [0.15, 0.2) is 53.6 Å². The predicted molar refractivity (Wildman–Crippen MR) is 173 cm³/mol. The van der Waals surface area contributed by atoms with Gasteiger partial charge in [-0.1, -0.05) is 55.5 Å². The molecule has 0 fully saturated rings. The number of aliphatic hydroxyl groups is 1. The molecular formula is C32H45N7O7. The van der Waals surface area contributed by atoms with E-state index in [0.29, 0.717) is 37.1 Å². The van der Waals surface area contributed by atoms with Crippen molar-refractivity contribution in [3.8, 4) is 11.1 Å². The zero-order valence-electron chi connectivity index (χ0n) is 27.1. The van der Waals surface area contributed by atoms with Gasteiger partial charge in [0.15, 0.2) is 5.84 Å². The van der Waals surface area contributed by atoms with Gasteiger partial charge in [-0.05, 0) is 70.1 Å². The molecule has 2 aromatic carbocycles. The van der Waals surface area contributed by atoms with E-state index in [1.807, 2.05) is 43.3 Å². The number of nitrogens with zero attached hydrogens (tertiary/aromatic N) is 5. The highest BCUT2D eigenvalue weighted by molar-refractivity contribution is 6.03. The SMILES string of the molecule is CCCc1nc(C(C)(C)O)c(C)n1Cc1ccc(-c2ccccc2/C(N)=N/N(N)C(C)OC(=O)OCCCCCO[N+](=O)[O-])cc1. The summed E-state index contributed by atoms with van der Waals surface area (Å²) in [6, 6.07) is 15.6. The summed E-state index contributed by atoms with van der Waals surface area (Å²) in [7, 11) is 0. The second kappa shape index (κ2) is 16.6. The Morgan fingerprint density at radius 2 is 1.83 bits per heavy atom. The number of nitrogens with two attached hydrogens (primary N) is 2. The number of hydrogen-bond acceptors (Lipinski definition) is 11. The van der Waals surface area contributed by atoms with Gasteiger partial charge in [-0.15, -0.1) is 15.2 Å². The van der Waals surface area contributed by atoms with E-state index >= 15 is 0 Å². The number of hydrazine groups is 1. The molecule has 0 amide bonds. The summed E-state index contributed by atoms with van der Waals surface area (Å²) in [5.41, 5.74) is 10.5. The van der Waals surface area contributed by atoms with E-state index in [0.717, 1.165) is 46.2 Å². The van der Waals surface area contributed by atoms with Crippen LogP contribution in [0, 0.1) is 17.0 Å². The van der Waals surface area contributed by atoms with E-state index in [-0.39, 0.29) is 19.0 Å². The number of amidine groups is 1. The molecule has 46 heavy (non-hydrogen) atoms. The number of rotatable bonds is 17. The third kappa shape index (κ3) is 10.2. The molecule has 0 aliphatic rings. The molecule has 5 N–H and O–H groups in total. The first-order valence-electron chi connectivity index (χ1n) is 15.3. The van der Waals surface area contributed by atoms with Gasteiger partial charge in [0.1, 0.15) is 11.4 Å². The van der Waals surface area contributed by atoms with Gasteiger partial charge in [0.2, 0.25) is 6.23 Å². The molecule has 0 bridgehead atoms. The lowest BCUT2D eigenvalue weighted by Crippen LogP contribution is -2.40. The summed E-state index contributed by atoms with van der Waals surface area (Å²) in [4.78, 5) is 31.2. The normalized spacial score (nSPS) is 12.5. The third-order valence-electron chi connectivity index (χ3n) is 7.23. The summed E-state index contributed by atoms with van der Waals surface area (Å²) in [5.74, 6) is 7.11. The molecule has 0 aliphatic carbocycles. The van der Waals surface area contributed by atoms with Crippen molar-refractivity contribution in [3.05, 3.63) is 87.0 Å². The Morgan fingerprint density at radius 3 is 2.48 bits per heavy atom. The molecule has 1 unspecified atom stereocenters. The van der Waals surface area contributed by atoms with Gasteiger partial charge in [0.25, 0.3) is 5.09 Å². The molecule has 1 atom stereocenters.